The Morgan fingerprint density at radius 3 is 2.32 bits per heavy atom. The number of amides is 2. The van der Waals surface area contributed by atoms with Gasteiger partial charge in [-0.1, -0.05) is 60.7 Å². The molecule has 2 aliphatic rings. The molecular formula is C26H28N2O5S. The first-order valence-electron chi connectivity index (χ1n) is 11.3. The van der Waals surface area contributed by atoms with Gasteiger partial charge in [-0.3, -0.25) is 4.79 Å². The summed E-state index contributed by atoms with van der Waals surface area (Å²) in [6, 6.07) is 15.0. The van der Waals surface area contributed by atoms with Crippen LogP contribution in [0.1, 0.15) is 29.9 Å². The lowest BCUT2D eigenvalue weighted by Gasteiger charge is -2.18. The largest absolute Gasteiger partial charge is 0.480 e. The molecule has 0 heterocycles. The molecule has 178 valence electrons. The van der Waals surface area contributed by atoms with Gasteiger partial charge in [-0.05, 0) is 47.1 Å². The molecule has 3 N–H and O–H groups in total. The number of alkyl carbamates (subject to hydrolysis) is 1. The summed E-state index contributed by atoms with van der Waals surface area (Å²) in [5.74, 6) is -1.26. The van der Waals surface area contributed by atoms with Crippen LogP contribution in [0.2, 0.25) is 0 Å². The molecule has 0 saturated heterocycles. The third-order valence-corrected chi connectivity index (χ3v) is 6.94. The number of ether oxygens (including phenoxy) is 1. The summed E-state index contributed by atoms with van der Waals surface area (Å²) in [6.45, 7) is 0.218. The Morgan fingerprint density at radius 1 is 1.06 bits per heavy atom. The minimum atomic E-state index is -1.04. The normalized spacial score (nSPS) is 19.2. The highest BCUT2D eigenvalue weighted by Gasteiger charge is 2.31. The third-order valence-electron chi connectivity index (χ3n) is 6.29. The number of benzene rings is 2. The van der Waals surface area contributed by atoms with Crippen LogP contribution in [0.5, 0.6) is 0 Å². The van der Waals surface area contributed by atoms with Crippen molar-refractivity contribution < 1.29 is 24.2 Å². The molecule has 0 bridgehead atoms. The summed E-state index contributed by atoms with van der Waals surface area (Å²) < 4.78 is 5.57. The van der Waals surface area contributed by atoms with Gasteiger partial charge in [0.1, 0.15) is 12.6 Å². The molecule has 34 heavy (non-hydrogen) atoms. The highest BCUT2D eigenvalue weighted by atomic mass is 32.2. The number of aliphatic carboxylic acids is 1. The molecule has 2 aliphatic carbocycles. The van der Waals surface area contributed by atoms with Crippen LogP contribution in [0.3, 0.4) is 0 Å². The molecular weight excluding hydrogens is 452 g/mol. The van der Waals surface area contributed by atoms with Crippen molar-refractivity contribution in [3.05, 3.63) is 71.8 Å². The van der Waals surface area contributed by atoms with E-state index < -0.39 is 24.0 Å². The molecule has 3 atom stereocenters. The number of carbonyl (C=O) groups excluding carboxylic acids is 2. The molecule has 0 fully saturated rings. The lowest BCUT2D eigenvalue weighted by atomic mass is 9.98. The number of carboxylic acids is 1. The molecule has 0 aromatic heterocycles. The Kier molecular flexibility index (Phi) is 7.57. The Morgan fingerprint density at radius 2 is 1.71 bits per heavy atom. The second-order valence-electron chi connectivity index (χ2n) is 8.48. The van der Waals surface area contributed by atoms with Crippen LogP contribution in [-0.4, -0.2) is 53.8 Å². The number of hydrogen-bond donors (Lipinski definition) is 3. The lowest BCUT2D eigenvalue weighted by Crippen LogP contribution is -2.44. The number of hydrogen-bond acceptors (Lipinski definition) is 5. The van der Waals surface area contributed by atoms with Crippen molar-refractivity contribution in [2.75, 3.05) is 18.6 Å². The number of thioether (sulfide) groups is 1. The third kappa shape index (κ3) is 5.28. The number of carbonyl (C=O) groups is 3. The average Bonchev–Trinajstić information content (AvgIpc) is 3.43. The fraction of sp³-hybridized carbons (Fsp3) is 0.346. The zero-order valence-corrected chi connectivity index (χ0v) is 19.7. The number of fused-ring (bicyclic) bond motifs is 3. The van der Waals surface area contributed by atoms with Crippen LogP contribution >= 0.6 is 11.8 Å². The minimum Gasteiger partial charge on any atom is -0.480 e. The van der Waals surface area contributed by atoms with Crippen LogP contribution in [0.25, 0.3) is 11.1 Å². The van der Waals surface area contributed by atoms with E-state index in [9.17, 15) is 19.5 Å². The summed E-state index contributed by atoms with van der Waals surface area (Å²) in [7, 11) is 0. The van der Waals surface area contributed by atoms with Crippen molar-refractivity contribution in [1.82, 2.24) is 10.6 Å². The summed E-state index contributed by atoms with van der Waals surface area (Å²) >= 11 is 1.53. The van der Waals surface area contributed by atoms with Crippen molar-refractivity contribution in [2.45, 2.75) is 30.8 Å². The summed E-state index contributed by atoms with van der Waals surface area (Å²) in [6.07, 6.45) is 5.53. The van der Waals surface area contributed by atoms with Crippen molar-refractivity contribution in [3.63, 3.8) is 0 Å². The molecule has 2 aromatic rings. The monoisotopic (exact) mass is 480 g/mol. The van der Waals surface area contributed by atoms with Crippen LogP contribution in [-0.2, 0) is 14.3 Å². The van der Waals surface area contributed by atoms with E-state index in [1.807, 2.05) is 30.5 Å². The van der Waals surface area contributed by atoms with Gasteiger partial charge in [0.05, 0.1) is 12.0 Å². The summed E-state index contributed by atoms with van der Waals surface area (Å²) in [4.78, 5) is 36.4. The first-order chi connectivity index (χ1) is 16.5. The van der Waals surface area contributed by atoms with Gasteiger partial charge in [0.2, 0.25) is 5.91 Å². The van der Waals surface area contributed by atoms with E-state index in [4.69, 9.17) is 4.74 Å². The predicted octanol–water partition coefficient (Wildman–Crippen LogP) is 3.79. The van der Waals surface area contributed by atoms with Gasteiger partial charge in [-0.2, -0.15) is 11.8 Å². The Hall–Kier alpha value is -3.26. The molecule has 8 heteroatoms. The fourth-order valence-electron chi connectivity index (χ4n) is 4.56. The molecule has 2 amide bonds. The van der Waals surface area contributed by atoms with Gasteiger partial charge in [0.25, 0.3) is 0 Å². The molecule has 2 unspecified atom stereocenters. The lowest BCUT2D eigenvalue weighted by molar-refractivity contribution is -0.142. The van der Waals surface area contributed by atoms with Crippen LogP contribution in [0.4, 0.5) is 4.79 Å². The quantitative estimate of drug-likeness (QED) is 0.472. The standard InChI is InChI=1S/C26H28N2O5S/c1-34-13-12-23(25(30)31)28-24(29)16-10-11-17(14-16)27-26(32)33-15-22-20-8-4-2-6-18(20)19-7-3-5-9-21(19)22/h2-11,16-17,22-23H,12-15H2,1H3,(H,27,32)(H,28,29)(H,30,31)/t16?,17?,23-/m0/s1. The zero-order chi connectivity index (χ0) is 24.1. The van der Waals surface area contributed by atoms with E-state index in [0.29, 0.717) is 18.6 Å². The van der Waals surface area contributed by atoms with E-state index in [2.05, 4.69) is 34.9 Å². The van der Waals surface area contributed by atoms with Gasteiger partial charge in [0.15, 0.2) is 0 Å². The molecule has 2 aromatic carbocycles. The average molecular weight is 481 g/mol. The van der Waals surface area contributed by atoms with E-state index in [-0.39, 0.29) is 24.5 Å². The van der Waals surface area contributed by atoms with Crippen molar-refractivity contribution in [1.29, 1.82) is 0 Å². The first-order valence-corrected chi connectivity index (χ1v) is 12.7. The van der Waals surface area contributed by atoms with Crippen LogP contribution in [0, 0.1) is 5.92 Å². The smallest absolute Gasteiger partial charge is 0.407 e. The van der Waals surface area contributed by atoms with Crippen LogP contribution in [0.15, 0.2) is 60.7 Å². The first kappa shape index (κ1) is 23.9. The number of carboxylic acid groups (broad SMARTS) is 1. The number of rotatable bonds is 9. The van der Waals surface area contributed by atoms with E-state index >= 15 is 0 Å². The molecule has 0 aliphatic heterocycles. The van der Waals surface area contributed by atoms with E-state index in [0.717, 1.165) is 22.3 Å². The maximum absolute atomic E-state index is 12.5. The van der Waals surface area contributed by atoms with Gasteiger partial charge in [0, 0.05) is 5.92 Å². The van der Waals surface area contributed by atoms with E-state index in [1.165, 1.54) is 11.8 Å². The topological polar surface area (TPSA) is 105 Å². The SMILES string of the molecule is CSCC[C@H](NC(=O)C1C=CC(NC(=O)OCC2c3ccccc3-c3ccccc32)C1)C(=O)O. The van der Waals surface area contributed by atoms with Gasteiger partial charge >= 0.3 is 12.1 Å². The second-order valence-corrected chi connectivity index (χ2v) is 9.47. The highest BCUT2D eigenvalue weighted by Crippen LogP contribution is 2.44. The van der Waals surface area contributed by atoms with Gasteiger partial charge in [-0.25, -0.2) is 9.59 Å². The molecule has 0 saturated carbocycles. The molecule has 0 radical (unpaired) electrons. The second kappa shape index (κ2) is 10.8. The minimum absolute atomic E-state index is 0.0231. The molecule has 7 nitrogen and oxygen atoms in total. The summed E-state index contributed by atoms with van der Waals surface area (Å²) in [5, 5.41) is 14.7. The van der Waals surface area contributed by atoms with Gasteiger partial charge < -0.3 is 20.5 Å². The highest BCUT2D eigenvalue weighted by molar-refractivity contribution is 7.98. The summed E-state index contributed by atoms with van der Waals surface area (Å²) in [5.41, 5.74) is 4.61. The maximum Gasteiger partial charge on any atom is 0.407 e. The fourth-order valence-corrected chi connectivity index (χ4v) is 5.04. The van der Waals surface area contributed by atoms with Crippen LogP contribution < -0.4 is 10.6 Å². The zero-order valence-electron chi connectivity index (χ0n) is 18.9. The number of nitrogens with one attached hydrogen (secondary N) is 2. The Labute approximate surface area is 203 Å². The van der Waals surface area contributed by atoms with Crippen molar-refractivity contribution in [2.24, 2.45) is 5.92 Å². The van der Waals surface area contributed by atoms with Crippen molar-refractivity contribution in [3.8, 4) is 11.1 Å². The predicted molar refractivity (Wildman–Crippen MR) is 132 cm³/mol. The Balaban J connectivity index is 1.28. The van der Waals surface area contributed by atoms with Gasteiger partial charge in [-0.15, -0.1) is 0 Å². The maximum atomic E-state index is 12.5. The van der Waals surface area contributed by atoms with Crippen molar-refractivity contribution >= 4 is 29.7 Å². The Bertz CT molecular complexity index is 1060. The molecule has 4 rings (SSSR count). The van der Waals surface area contributed by atoms with E-state index in [1.54, 1.807) is 12.2 Å². The molecule has 0 spiro atoms.